The van der Waals surface area contributed by atoms with Gasteiger partial charge in [0.05, 0.1) is 11.1 Å². The third-order valence-corrected chi connectivity index (χ3v) is 6.65. The largest absolute Gasteiger partial charge is 0.271 e. The van der Waals surface area contributed by atoms with Crippen LogP contribution in [0.5, 0.6) is 0 Å². The van der Waals surface area contributed by atoms with Crippen LogP contribution in [0.25, 0.3) is 0 Å². The van der Waals surface area contributed by atoms with Gasteiger partial charge in [-0.1, -0.05) is 63.5 Å². The number of nitrogens with zero attached hydrogens (tertiary/aromatic N) is 1. The van der Waals surface area contributed by atoms with Crippen LogP contribution in [-0.2, 0) is 0 Å². The van der Waals surface area contributed by atoms with Crippen molar-refractivity contribution in [2.24, 2.45) is 11.8 Å². The van der Waals surface area contributed by atoms with Crippen LogP contribution in [0, 0.1) is 11.8 Å². The van der Waals surface area contributed by atoms with Crippen LogP contribution in [0.3, 0.4) is 0 Å². The maximum absolute atomic E-state index is 13.0. The van der Waals surface area contributed by atoms with Crippen LogP contribution in [-0.4, -0.2) is 22.8 Å². The molecule has 0 unspecified atom stereocenters. The van der Waals surface area contributed by atoms with Crippen molar-refractivity contribution >= 4 is 11.8 Å². The first kappa shape index (κ1) is 16.8. The molecule has 3 nitrogen and oxygen atoms in total. The van der Waals surface area contributed by atoms with E-state index in [-0.39, 0.29) is 17.9 Å². The second-order valence-electron chi connectivity index (χ2n) is 8.23. The van der Waals surface area contributed by atoms with Gasteiger partial charge in [-0.2, -0.15) is 0 Å². The number of fused-ring (bicyclic) bond motifs is 1. The number of imide groups is 1. The molecular weight excluding hydrogens is 310 g/mol. The third kappa shape index (κ3) is 3.26. The molecule has 0 spiro atoms. The first-order chi connectivity index (χ1) is 12.3. The lowest BCUT2D eigenvalue weighted by atomic mass is 9.76. The summed E-state index contributed by atoms with van der Waals surface area (Å²) >= 11 is 0. The molecule has 0 radical (unpaired) electrons. The number of carbonyl (C=O) groups is 2. The van der Waals surface area contributed by atoms with Crippen molar-refractivity contribution < 1.29 is 9.59 Å². The number of hydrogen-bond acceptors (Lipinski definition) is 2. The Bertz CT molecular complexity index is 606. The molecule has 0 N–H and O–H groups in total. The van der Waals surface area contributed by atoms with E-state index in [0.29, 0.717) is 23.0 Å². The summed E-state index contributed by atoms with van der Waals surface area (Å²) in [7, 11) is 0. The minimum absolute atomic E-state index is 0.0491. The molecule has 2 aliphatic carbocycles. The highest BCUT2D eigenvalue weighted by molar-refractivity contribution is 6.21. The van der Waals surface area contributed by atoms with E-state index in [4.69, 9.17) is 0 Å². The normalized spacial score (nSPS) is 23.8. The zero-order chi connectivity index (χ0) is 17.2. The molecule has 25 heavy (non-hydrogen) atoms. The van der Waals surface area contributed by atoms with Gasteiger partial charge in [0.25, 0.3) is 11.8 Å². The molecule has 4 rings (SSSR count). The monoisotopic (exact) mass is 339 g/mol. The lowest BCUT2D eigenvalue weighted by Gasteiger charge is -2.38. The quantitative estimate of drug-likeness (QED) is 0.707. The Kier molecular flexibility index (Phi) is 4.91. The highest BCUT2D eigenvalue weighted by Crippen LogP contribution is 2.38. The average Bonchev–Trinajstić information content (AvgIpc) is 2.93. The fourth-order valence-electron chi connectivity index (χ4n) is 5.30. The second kappa shape index (κ2) is 7.31. The first-order valence-electron chi connectivity index (χ1n) is 10.2. The molecule has 1 atom stereocenters. The summed E-state index contributed by atoms with van der Waals surface area (Å²) in [6.07, 6.45) is 13.7. The van der Waals surface area contributed by atoms with Crippen LogP contribution in [0.15, 0.2) is 24.3 Å². The standard InChI is InChI=1S/C22H29NO2/c24-21-18-13-7-8-14-19(18)22(25)23(21)20(17-11-5-2-6-12-17)15-16-9-3-1-4-10-16/h7-8,13-14,16-17,20H,1-6,9-12,15H2/t20-/m1/s1. The van der Waals surface area contributed by atoms with Crippen LogP contribution in [0.1, 0.15) is 91.3 Å². The Labute approximate surface area is 150 Å². The number of hydrogen-bond donors (Lipinski definition) is 0. The average molecular weight is 339 g/mol. The predicted octanol–water partition coefficient (Wildman–Crippen LogP) is 5.20. The maximum Gasteiger partial charge on any atom is 0.261 e. The van der Waals surface area contributed by atoms with Crippen LogP contribution in [0.2, 0.25) is 0 Å². The summed E-state index contributed by atoms with van der Waals surface area (Å²) in [5.41, 5.74) is 1.22. The zero-order valence-corrected chi connectivity index (χ0v) is 15.1. The van der Waals surface area contributed by atoms with E-state index in [2.05, 4.69) is 0 Å². The van der Waals surface area contributed by atoms with E-state index in [0.717, 1.165) is 6.42 Å². The van der Waals surface area contributed by atoms with Gasteiger partial charge in [-0.3, -0.25) is 14.5 Å². The molecule has 1 aliphatic heterocycles. The van der Waals surface area contributed by atoms with Crippen molar-refractivity contribution in [3.63, 3.8) is 0 Å². The number of amides is 2. The van der Waals surface area contributed by atoms with Gasteiger partial charge >= 0.3 is 0 Å². The number of benzene rings is 1. The number of rotatable bonds is 4. The fourth-order valence-corrected chi connectivity index (χ4v) is 5.30. The Morgan fingerprint density at radius 3 is 1.88 bits per heavy atom. The summed E-state index contributed by atoms with van der Waals surface area (Å²) in [6.45, 7) is 0. The molecule has 1 aromatic rings. The molecule has 3 aliphatic rings. The molecule has 0 bridgehead atoms. The molecule has 0 saturated heterocycles. The highest BCUT2D eigenvalue weighted by atomic mass is 16.2. The Balaban J connectivity index is 1.61. The second-order valence-corrected chi connectivity index (χ2v) is 8.23. The molecule has 2 amide bonds. The van der Waals surface area contributed by atoms with Crippen LogP contribution in [0.4, 0.5) is 0 Å². The van der Waals surface area contributed by atoms with Gasteiger partial charge < -0.3 is 0 Å². The van der Waals surface area contributed by atoms with Crippen molar-refractivity contribution in [1.29, 1.82) is 0 Å². The Morgan fingerprint density at radius 2 is 1.32 bits per heavy atom. The van der Waals surface area contributed by atoms with Gasteiger partial charge in [-0.25, -0.2) is 0 Å². The van der Waals surface area contributed by atoms with Gasteiger partial charge in [0.15, 0.2) is 0 Å². The molecule has 1 aromatic carbocycles. The summed E-state index contributed by atoms with van der Waals surface area (Å²) < 4.78 is 0. The lowest BCUT2D eigenvalue weighted by molar-refractivity contribution is 0.0447. The highest BCUT2D eigenvalue weighted by Gasteiger charge is 2.43. The molecule has 3 heteroatoms. The molecule has 1 heterocycles. The van der Waals surface area contributed by atoms with E-state index >= 15 is 0 Å². The van der Waals surface area contributed by atoms with Gasteiger partial charge in [0.2, 0.25) is 0 Å². The van der Waals surface area contributed by atoms with Gasteiger partial charge in [-0.05, 0) is 43.2 Å². The maximum atomic E-state index is 13.0. The van der Waals surface area contributed by atoms with E-state index < -0.39 is 0 Å². The topological polar surface area (TPSA) is 37.4 Å². The molecule has 2 fully saturated rings. The number of carbonyl (C=O) groups excluding carboxylic acids is 2. The minimum atomic E-state index is -0.0491. The van der Waals surface area contributed by atoms with Crippen LogP contribution < -0.4 is 0 Å². The molecule has 0 aromatic heterocycles. The van der Waals surface area contributed by atoms with Crippen molar-refractivity contribution in [2.75, 3.05) is 0 Å². The van der Waals surface area contributed by atoms with Crippen molar-refractivity contribution in [2.45, 2.75) is 76.7 Å². The van der Waals surface area contributed by atoms with Crippen molar-refractivity contribution in [3.8, 4) is 0 Å². The lowest BCUT2D eigenvalue weighted by Crippen LogP contribution is -2.46. The van der Waals surface area contributed by atoms with E-state index in [1.807, 2.05) is 24.3 Å². The van der Waals surface area contributed by atoms with E-state index in [1.54, 1.807) is 4.90 Å². The van der Waals surface area contributed by atoms with E-state index in [9.17, 15) is 9.59 Å². The summed E-state index contributed by atoms with van der Waals surface area (Å²) in [4.78, 5) is 27.7. The summed E-state index contributed by atoms with van der Waals surface area (Å²) in [6, 6.07) is 7.47. The molecular formula is C22H29NO2. The Morgan fingerprint density at radius 1 is 0.800 bits per heavy atom. The smallest absolute Gasteiger partial charge is 0.261 e. The van der Waals surface area contributed by atoms with Crippen molar-refractivity contribution in [3.05, 3.63) is 35.4 Å². The van der Waals surface area contributed by atoms with Crippen LogP contribution >= 0.6 is 0 Å². The summed E-state index contributed by atoms with van der Waals surface area (Å²) in [5, 5.41) is 0. The fraction of sp³-hybridized carbons (Fsp3) is 0.636. The minimum Gasteiger partial charge on any atom is -0.271 e. The summed E-state index contributed by atoms with van der Waals surface area (Å²) in [5.74, 6) is 1.09. The third-order valence-electron chi connectivity index (χ3n) is 6.65. The van der Waals surface area contributed by atoms with Gasteiger partial charge in [-0.15, -0.1) is 0 Å². The van der Waals surface area contributed by atoms with Gasteiger partial charge in [0, 0.05) is 6.04 Å². The van der Waals surface area contributed by atoms with E-state index in [1.165, 1.54) is 64.2 Å². The SMILES string of the molecule is O=C1c2ccccc2C(=O)N1[C@H](CC1CCCCC1)C1CCCCC1. The predicted molar refractivity (Wildman–Crippen MR) is 98.5 cm³/mol. The van der Waals surface area contributed by atoms with Gasteiger partial charge in [0.1, 0.15) is 0 Å². The zero-order valence-electron chi connectivity index (χ0n) is 15.1. The Hall–Kier alpha value is -1.64. The first-order valence-corrected chi connectivity index (χ1v) is 10.2. The van der Waals surface area contributed by atoms with Crippen molar-refractivity contribution in [1.82, 2.24) is 4.90 Å². The molecule has 2 saturated carbocycles. The molecule has 134 valence electrons.